The largest absolute Gasteiger partial charge is 0.453 e. The van der Waals surface area contributed by atoms with Gasteiger partial charge in [-0.15, -0.1) is 0 Å². The number of benzene rings is 2. The van der Waals surface area contributed by atoms with Crippen molar-refractivity contribution in [3.05, 3.63) is 65.2 Å². The summed E-state index contributed by atoms with van der Waals surface area (Å²) in [5.41, 5.74) is 3.20. The Morgan fingerprint density at radius 3 is 2.56 bits per heavy atom. The van der Waals surface area contributed by atoms with E-state index >= 15 is 0 Å². The van der Waals surface area contributed by atoms with Gasteiger partial charge >= 0.3 is 5.97 Å². The summed E-state index contributed by atoms with van der Waals surface area (Å²) in [6.45, 7) is 6.71. The molecule has 0 unspecified atom stereocenters. The molecular weight excluding hydrogens is 464 g/mol. The molecule has 0 aromatic heterocycles. The normalized spacial score (nSPS) is 23.6. The molecule has 2 saturated heterocycles. The predicted octanol–water partition coefficient (Wildman–Crippen LogP) is 2.95. The Kier molecular flexibility index (Phi) is 9.06. The maximum atomic E-state index is 12.4. The summed E-state index contributed by atoms with van der Waals surface area (Å²) >= 11 is 0. The van der Waals surface area contributed by atoms with Crippen molar-refractivity contribution in [2.45, 2.75) is 51.5 Å². The molecule has 0 radical (unpaired) electrons. The maximum Gasteiger partial charge on any atom is 0.303 e. The van der Waals surface area contributed by atoms with E-state index in [1.54, 1.807) is 6.07 Å². The maximum absolute atomic E-state index is 12.4. The van der Waals surface area contributed by atoms with Gasteiger partial charge in [-0.25, -0.2) is 0 Å². The molecule has 4 rings (SSSR count). The minimum absolute atomic E-state index is 0.00815. The van der Waals surface area contributed by atoms with Crippen LogP contribution in [0.1, 0.15) is 49.4 Å². The third-order valence-corrected chi connectivity index (χ3v) is 6.32. The lowest BCUT2D eigenvalue weighted by molar-refractivity contribution is -0.253. The van der Waals surface area contributed by atoms with E-state index < -0.39 is 24.3 Å². The van der Waals surface area contributed by atoms with Crippen LogP contribution in [-0.2, 0) is 35.1 Å². The number of nitrogens with zero attached hydrogens (tertiary/aromatic N) is 1. The number of carbonyl (C=O) groups is 2. The van der Waals surface area contributed by atoms with Gasteiger partial charge in [-0.05, 0) is 30.2 Å². The second-order valence-electron chi connectivity index (χ2n) is 9.13. The molecule has 0 aliphatic carbocycles. The van der Waals surface area contributed by atoms with Crippen molar-refractivity contribution in [2.24, 2.45) is 0 Å². The third-order valence-electron chi connectivity index (χ3n) is 6.32. The Bertz CT molecular complexity index is 1020. The smallest absolute Gasteiger partial charge is 0.303 e. The van der Waals surface area contributed by atoms with E-state index in [9.17, 15) is 14.7 Å². The van der Waals surface area contributed by atoms with Crippen LogP contribution < -0.4 is 5.32 Å². The highest BCUT2D eigenvalue weighted by atomic mass is 16.7. The van der Waals surface area contributed by atoms with E-state index in [1.165, 1.54) is 13.8 Å². The first-order valence-corrected chi connectivity index (χ1v) is 12.3. The molecule has 194 valence electrons. The van der Waals surface area contributed by atoms with Crippen LogP contribution in [-0.4, -0.2) is 66.9 Å². The van der Waals surface area contributed by atoms with E-state index in [4.69, 9.17) is 18.9 Å². The van der Waals surface area contributed by atoms with Gasteiger partial charge in [0.05, 0.1) is 32.0 Å². The number of aliphatic hydroxyl groups is 1. The van der Waals surface area contributed by atoms with Gasteiger partial charge in [0.2, 0.25) is 0 Å². The lowest BCUT2D eigenvalue weighted by atomic mass is 9.99. The van der Waals surface area contributed by atoms with Crippen LogP contribution in [0.15, 0.2) is 48.5 Å². The first-order chi connectivity index (χ1) is 17.4. The molecule has 0 spiro atoms. The Morgan fingerprint density at radius 2 is 1.86 bits per heavy atom. The molecule has 1 amide bonds. The Hall–Kier alpha value is -2.82. The highest BCUT2D eigenvalue weighted by molar-refractivity contribution is 5.95. The zero-order chi connectivity index (χ0) is 25.5. The van der Waals surface area contributed by atoms with Crippen molar-refractivity contribution in [1.29, 1.82) is 0 Å². The zero-order valence-corrected chi connectivity index (χ0v) is 20.7. The molecule has 9 nitrogen and oxygen atoms in total. The molecule has 4 atom stereocenters. The second-order valence-corrected chi connectivity index (χ2v) is 9.13. The molecule has 2 aromatic rings. The van der Waals surface area contributed by atoms with Crippen molar-refractivity contribution in [2.75, 3.05) is 38.2 Å². The number of amides is 1. The van der Waals surface area contributed by atoms with Crippen LogP contribution in [0.2, 0.25) is 0 Å². The number of carbonyl (C=O) groups excluding carboxylic acids is 2. The fourth-order valence-electron chi connectivity index (χ4n) is 4.41. The minimum Gasteiger partial charge on any atom is -0.453 e. The van der Waals surface area contributed by atoms with Crippen LogP contribution in [0.3, 0.4) is 0 Å². The zero-order valence-electron chi connectivity index (χ0n) is 20.7. The number of esters is 1. The molecule has 2 aliphatic rings. The first kappa shape index (κ1) is 26.2. The molecule has 2 N–H and O–H groups in total. The predicted molar refractivity (Wildman–Crippen MR) is 132 cm³/mol. The van der Waals surface area contributed by atoms with Crippen molar-refractivity contribution in [1.82, 2.24) is 4.90 Å². The number of nitrogens with one attached hydrogen (secondary N) is 1. The highest BCUT2D eigenvalue weighted by Crippen LogP contribution is 2.38. The molecule has 9 heteroatoms. The average Bonchev–Trinajstić information content (AvgIpc) is 2.89. The van der Waals surface area contributed by atoms with Crippen molar-refractivity contribution in [3.8, 4) is 0 Å². The quantitative estimate of drug-likeness (QED) is 0.535. The van der Waals surface area contributed by atoms with E-state index in [-0.39, 0.29) is 18.8 Å². The van der Waals surface area contributed by atoms with E-state index in [0.717, 1.165) is 36.3 Å². The topological polar surface area (TPSA) is 107 Å². The van der Waals surface area contributed by atoms with Gasteiger partial charge in [0.25, 0.3) is 5.91 Å². The molecule has 2 aromatic carbocycles. The summed E-state index contributed by atoms with van der Waals surface area (Å²) < 4.78 is 23.3. The fraction of sp³-hybridized carbons (Fsp3) is 0.481. The molecule has 2 heterocycles. The highest BCUT2D eigenvalue weighted by Gasteiger charge is 2.33. The number of morpholine rings is 1. The lowest BCUT2D eigenvalue weighted by Gasteiger charge is -2.39. The number of anilines is 1. The Balaban J connectivity index is 1.51. The van der Waals surface area contributed by atoms with E-state index in [2.05, 4.69) is 10.2 Å². The summed E-state index contributed by atoms with van der Waals surface area (Å²) in [5, 5.41) is 12.2. The van der Waals surface area contributed by atoms with Gasteiger partial charge in [-0.3, -0.25) is 14.5 Å². The van der Waals surface area contributed by atoms with Gasteiger partial charge < -0.3 is 29.4 Å². The number of rotatable bonds is 8. The molecule has 0 bridgehead atoms. The van der Waals surface area contributed by atoms with Gasteiger partial charge in [0.15, 0.2) is 12.4 Å². The molecule has 2 aliphatic heterocycles. The van der Waals surface area contributed by atoms with Gasteiger partial charge in [0, 0.05) is 44.2 Å². The van der Waals surface area contributed by atoms with Crippen molar-refractivity contribution in [3.63, 3.8) is 0 Å². The average molecular weight is 499 g/mol. The van der Waals surface area contributed by atoms with Gasteiger partial charge in [0.1, 0.15) is 0 Å². The minimum atomic E-state index is -0.905. The molecule has 0 saturated carbocycles. The summed E-state index contributed by atoms with van der Waals surface area (Å²) in [7, 11) is 0. The second kappa shape index (κ2) is 12.4. The van der Waals surface area contributed by atoms with Crippen molar-refractivity contribution >= 4 is 17.6 Å². The summed E-state index contributed by atoms with van der Waals surface area (Å²) in [6, 6.07) is 15.1. The van der Waals surface area contributed by atoms with Crippen LogP contribution >= 0.6 is 0 Å². The van der Waals surface area contributed by atoms with Gasteiger partial charge in [-0.1, -0.05) is 36.4 Å². The monoisotopic (exact) mass is 498 g/mol. The molecule has 36 heavy (non-hydrogen) atoms. The van der Waals surface area contributed by atoms with Gasteiger partial charge in [-0.2, -0.15) is 0 Å². The Morgan fingerprint density at radius 1 is 1.11 bits per heavy atom. The first-order valence-electron chi connectivity index (χ1n) is 12.3. The van der Waals surface area contributed by atoms with Crippen LogP contribution in [0.25, 0.3) is 0 Å². The number of aliphatic hydroxyl groups excluding tert-OH is 1. The fourth-order valence-corrected chi connectivity index (χ4v) is 4.41. The summed E-state index contributed by atoms with van der Waals surface area (Å²) in [6.07, 6.45) is -1.09. The third kappa shape index (κ3) is 7.11. The molecular formula is C27H34N2O7. The summed E-state index contributed by atoms with van der Waals surface area (Å²) in [5.74, 6) is -0.931. The number of hydrogen-bond acceptors (Lipinski definition) is 8. The van der Waals surface area contributed by atoms with Crippen LogP contribution in [0, 0.1) is 0 Å². The summed E-state index contributed by atoms with van der Waals surface area (Å²) in [4.78, 5) is 25.9. The SMILES string of the molecule is CC(=O)O[C@@H](C)C(=O)Nc1cccc([C@H]2O[C@@H](CN3CCOCC3)C[C@@H](c3ccc(CO)cc3)O2)c1. The van der Waals surface area contributed by atoms with Crippen LogP contribution in [0.5, 0.6) is 0 Å². The van der Waals surface area contributed by atoms with Crippen molar-refractivity contribution < 1.29 is 33.6 Å². The van der Waals surface area contributed by atoms with E-state index in [1.807, 2.05) is 42.5 Å². The van der Waals surface area contributed by atoms with Crippen LogP contribution in [0.4, 0.5) is 5.69 Å². The van der Waals surface area contributed by atoms with E-state index in [0.29, 0.717) is 25.3 Å². The standard InChI is InChI=1S/C27H34N2O7/c1-18(34-19(2)31)26(32)28-23-5-3-4-22(14-23)27-35-24(16-29-10-12-33-13-11-29)15-25(36-27)21-8-6-20(17-30)7-9-21/h3-9,14,18,24-25,27,30H,10-13,15-17H2,1-2H3,(H,28,32)/t18-,24+,25-,27-/m0/s1. The number of ether oxygens (including phenoxy) is 4. The molecule has 2 fully saturated rings. The lowest BCUT2D eigenvalue weighted by Crippen LogP contribution is -2.44. The number of hydrogen-bond donors (Lipinski definition) is 2. The Labute approximate surface area is 211 Å².